The van der Waals surface area contributed by atoms with Crippen molar-refractivity contribution in [2.45, 2.75) is 25.1 Å². The molecule has 4 heteroatoms. The molecule has 2 rings (SSSR count). The fourth-order valence-corrected chi connectivity index (χ4v) is 2.70. The van der Waals surface area contributed by atoms with E-state index in [1.165, 1.54) is 0 Å². The van der Waals surface area contributed by atoms with Gasteiger partial charge in [-0.1, -0.05) is 34.1 Å². The highest BCUT2D eigenvalue weighted by Gasteiger charge is 2.41. The molecule has 1 nitrogen and oxygen atoms in total. The van der Waals surface area contributed by atoms with Crippen LogP contribution < -0.4 is 5.32 Å². The average molecular weight is 295 g/mol. The van der Waals surface area contributed by atoms with Gasteiger partial charge < -0.3 is 5.32 Å². The van der Waals surface area contributed by atoms with E-state index >= 15 is 0 Å². The van der Waals surface area contributed by atoms with Gasteiger partial charge in [-0.15, -0.1) is 12.4 Å². The molecule has 0 aromatic heterocycles. The van der Waals surface area contributed by atoms with Gasteiger partial charge in [-0.25, -0.2) is 4.39 Å². The molecule has 0 aliphatic carbocycles. The predicted molar refractivity (Wildman–Crippen MR) is 66.3 cm³/mol. The van der Waals surface area contributed by atoms with E-state index in [1.807, 2.05) is 31.2 Å². The van der Waals surface area contributed by atoms with Crippen molar-refractivity contribution < 1.29 is 4.39 Å². The Hall–Kier alpha value is -0.120. The maximum atomic E-state index is 13.8. The second kappa shape index (κ2) is 4.81. The van der Waals surface area contributed by atoms with Crippen molar-refractivity contribution in [3.8, 4) is 0 Å². The molecular formula is C11H14BrClFN. The zero-order chi connectivity index (χ0) is 10.2. The third-order valence-electron chi connectivity index (χ3n) is 2.95. The molecule has 0 amide bonds. The van der Waals surface area contributed by atoms with Crippen LogP contribution in [0.1, 0.15) is 18.9 Å². The van der Waals surface area contributed by atoms with Crippen LogP contribution in [0.2, 0.25) is 0 Å². The Balaban J connectivity index is 0.00000112. The fraction of sp³-hybridized carbons (Fsp3) is 0.455. The lowest BCUT2D eigenvalue weighted by atomic mass is 9.89. The van der Waals surface area contributed by atoms with Gasteiger partial charge in [0.15, 0.2) is 0 Å². The smallest absolute Gasteiger partial charge is 0.123 e. The van der Waals surface area contributed by atoms with Gasteiger partial charge in [0.05, 0.1) is 5.54 Å². The zero-order valence-electron chi connectivity index (χ0n) is 8.47. The standard InChI is InChI=1S/C11H13BrFN.ClH/c1-11(10(13)6-7-14-11)8-4-2-3-5-9(8)12;/h2-5,10,14H,6-7H2,1H3;1H. The van der Waals surface area contributed by atoms with Gasteiger partial charge in [0.2, 0.25) is 0 Å². The van der Waals surface area contributed by atoms with Crippen LogP contribution in [0.3, 0.4) is 0 Å². The van der Waals surface area contributed by atoms with Crippen molar-refractivity contribution in [1.82, 2.24) is 5.32 Å². The molecule has 0 bridgehead atoms. The van der Waals surface area contributed by atoms with Gasteiger partial charge in [0.1, 0.15) is 6.17 Å². The Kier molecular flexibility index (Phi) is 4.15. The first-order chi connectivity index (χ1) is 6.64. The maximum absolute atomic E-state index is 13.8. The molecule has 1 N–H and O–H groups in total. The molecular weight excluding hydrogens is 280 g/mol. The monoisotopic (exact) mass is 293 g/mol. The highest BCUT2D eigenvalue weighted by Crippen LogP contribution is 2.36. The van der Waals surface area contributed by atoms with Gasteiger partial charge in [0, 0.05) is 4.47 Å². The van der Waals surface area contributed by atoms with Gasteiger partial charge in [-0.05, 0) is 31.5 Å². The largest absolute Gasteiger partial charge is 0.305 e. The van der Waals surface area contributed by atoms with E-state index in [0.717, 1.165) is 16.6 Å². The van der Waals surface area contributed by atoms with Crippen LogP contribution in [0.5, 0.6) is 0 Å². The van der Waals surface area contributed by atoms with Crippen molar-refractivity contribution in [2.24, 2.45) is 0 Å². The molecule has 0 saturated carbocycles. The van der Waals surface area contributed by atoms with E-state index < -0.39 is 11.7 Å². The highest BCUT2D eigenvalue weighted by molar-refractivity contribution is 9.10. The first kappa shape index (κ1) is 12.9. The number of benzene rings is 1. The summed E-state index contributed by atoms with van der Waals surface area (Å²) < 4.78 is 14.7. The van der Waals surface area contributed by atoms with Gasteiger partial charge >= 0.3 is 0 Å². The number of hydrogen-bond donors (Lipinski definition) is 1. The molecule has 84 valence electrons. The molecule has 1 aliphatic heterocycles. The molecule has 1 aromatic rings. The minimum Gasteiger partial charge on any atom is -0.305 e. The Morgan fingerprint density at radius 1 is 1.47 bits per heavy atom. The van der Waals surface area contributed by atoms with Crippen molar-refractivity contribution in [3.05, 3.63) is 34.3 Å². The summed E-state index contributed by atoms with van der Waals surface area (Å²) in [5.41, 5.74) is 0.477. The maximum Gasteiger partial charge on any atom is 0.123 e. The Morgan fingerprint density at radius 2 is 2.13 bits per heavy atom. The molecule has 1 fully saturated rings. The second-order valence-corrected chi connectivity index (χ2v) is 4.72. The van der Waals surface area contributed by atoms with Crippen molar-refractivity contribution in [1.29, 1.82) is 0 Å². The quantitative estimate of drug-likeness (QED) is 0.837. The minimum atomic E-state index is -0.804. The normalized spacial score (nSPS) is 29.9. The topological polar surface area (TPSA) is 12.0 Å². The molecule has 1 aliphatic rings. The summed E-state index contributed by atoms with van der Waals surface area (Å²) in [4.78, 5) is 0. The SMILES string of the molecule is CC1(c2ccccc2Br)NCCC1F.Cl. The van der Waals surface area contributed by atoms with Gasteiger partial charge in [0.25, 0.3) is 0 Å². The minimum absolute atomic E-state index is 0. The number of hydrogen-bond acceptors (Lipinski definition) is 1. The van der Waals surface area contributed by atoms with Gasteiger partial charge in [-0.2, -0.15) is 0 Å². The summed E-state index contributed by atoms with van der Waals surface area (Å²) in [6.07, 6.45) is -0.209. The Bertz CT molecular complexity index is 347. The summed E-state index contributed by atoms with van der Waals surface area (Å²) in [5, 5.41) is 3.23. The van der Waals surface area contributed by atoms with Crippen LogP contribution in [0.25, 0.3) is 0 Å². The van der Waals surface area contributed by atoms with Crippen LogP contribution in [0.4, 0.5) is 4.39 Å². The van der Waals surface area contributed by atoms with Crippen molar-refractivity contribution in [3.63, 3.8) is 0 Å². The lowest BCUT2D eigenvalue weighted by Crippen LogP contribution is -2.40. The molecule has 1 saturated heterocycles. The lowest BCUT2D eigenvalue weighted by Gasteiger charge is -2.28. The summed E-state index contributed by atoms with van der Waals surface area (Å²) in [6.45, 7) is 2.67. The predicted octanol–water partition coefficient (Wildman–Crippen LogP) is 3.42. The number of halogens is 3. The third-order valence-corrected chi connectivity index (χ3v) is 3.64. The van der Waals surface area contributed by atoms with Gasteiger partial charge in [-0.3, -0.25) is 0 Å². The van der Waals surface area contributed by atoms with Crippen LogP contribution in [-0.2, 0) is 5.54 Å². The molecule has 0 spiro atoms. The average Bonchev–Trinajstić information content (AvgIpc) is 2.49. The van der Waals surface area contributed by atoms with E-state index in [0.29, 0.717) is 6.42 Å². The van der Waals surface area contributed by atoms with Crippen molar-refractivity contribution in [2.75, 3.05) is 6.54 Å². The molecule has 1 aromatic carbocycles. The number of alkyl halides is 1. The first-order valence-electron chi connectivity index (χ1n) is 4.79. The number of nitrogens with one attached hydrogen (secondary N) is 1. The fourth-order valence-electron chi connectivity index (χ4n) is 2.00. The van der Waals surface area contributed by atoms with Crippen LogP contribution in [0, 0.1) is 0 Å². The molecule has 15 heavy (non-hydrogen) atoms. The first-order valence-corrected chi connectivity index (χ1v) is 5.58. The highest BCUT2D eigenvalue weighted by atomic mass is 79.9. The van der Waals surface area contributed by atoms with E-state index in [4.69, 9.17) is 0 Å². The zero-order valence-corrected chi connectivity index (χ0v) is 10.9. The summed E-state index contributed by atoms with van der Waals surface area (Å²) >= 11 is 3.46. The summed E-state index contributed by atoms with van der Waals surface area (Å²) in [7, 11) is 0. The van der Waals surface area contributed by atoms with E-state index in [2.05, 4.69) is 21.2 Å². The number of rotatable bonds is 1. The van der Waals surface area contributed by atoms with Crippen LogP contribution >= 0.6 is 28.3 Å². The molecule has 1 heterocycles. The van der Waals surface area contributed by atoms with E-state index in [9.17, 15) is 4.39 Å². The second-order valence-electron chi connectivity index (χ2n) is 3.87. The van der Waals surface area contributed by atoms with Crippen LogP contribution in [0.15, 0.2) is 28.7 Å². The molecule has 0 radical (unpaired) electrons. The van der Waals surface area contributed by atoms with E-state index in [1.54, 1.807) is 0 Å². The summed E-state index contributed by atoms with van der Waals surface area (Å²) in [5.74, 6) is 0. The molecule has 2 unspecified atom stereocenters. The summed E-state index contributed by atoms with van der Waals surface area (Å²) in [6, 6.07) is 7.81. The Labute approximate surface area is 104 Å². The Morgan fingerprint density at radius 3 is 2.67 bits per heavy atom. The lowest BCUT2D eigenvalue weighted by molar-refractivity contribution is 0.219. The van der Waals surface area contributed by atoms with Crippen molar-refractivity contribution >= 4 is 28.3 Å². The molecule has 2 atom stereocenters. The van der Waals surface area contributed by atoms with Crippen LogP contribution in [-0.4, -0.2) is 12.7 Å². The van der Waals surface area contributed by atoms with E-state index in [-0.39, 0.29) is 12.4 Å². The third kappa shape index (κ3) is 2.19.